The molecule has 0 aliphatic heterocycles. The molecule has 108 valence electrons. The molecule has 2 aromatic rings. The van der Waals surface area contributed by atoms with Gasteiger partial charge in [0.1, 0.15) is 30.8 Å². The summed E-state index contributed by atoms with van der Waals surface area (Å²) in [6.45, 7) is 0.547. The summed E-state index contributed by atoms with van der Waals surface area (Å²) in [6, 6.07) is 13.1. The molecule has 0 saturated heterocycles. The van der Waals surface area contributed by atoms with Crippen LogP contribution < -0.4 is 14.2 Å². The van der Waals surface area contributed by atoms with Crippen LogP contribution in [0.15, 0.2) is 42.5 Å². The SMILES string of the molecule is COc1ccccc1OCCOc1ccc(C#N)c(F)c1. The van der Waals surface area contributed by atoms with Gasteiger partial charge in [-0.25, -0.2) is 4.39 Å². The van der Waals surface area contributed by atoms with Gasteiger partial charge in [-0.1, -0.05) is 12.1 Å². The fourth-order valence-electron chi connectivity index (χ4n) is 1.73. The number of hydrogen-bond donors (Lipinski definition) is 0. The zero-order valence-corrected chi connectivity index (χ0v) is 11.5. The van der Waals surface area contributed by atoms with Crippen LogP contribution in [-0.2, 0) is 0 Å². The Morgan fingerprint density at radius 1 is 1.05 bits per heavy atom. The Balaban J connectivity index is 1.85. The predicted molar refractivity (Wildman–Crippen MR) is 75.1 cm³/mol. The number of ether oxygens (including phenoxy) is 3. The number of nitrogens with zero attached hydrogens (tertiary/aromatic N) is 1. The molecule has 0 unspecified atom stereocenters. The van der Waals surface area contributed by atoms with E-state index in [0.29, 0.717) is 23.9 Å². The Morgan fingerprint density at radius 3 is 2.43 bits per heavy atom. The van der Waals surface area contributed by atoms with Gasteiger partial charge in [0.15, 0.2) is 11.5 Å². The largest absolute Gasteiger partial charge is 0.493 e. The number of benzene rings is 2. The maximum Gasteiger partial charge on any atom is 0.161 e. The highest BCUT2D eigenvalue weighted by Crippen LogP contribution is 2.25. The lowest BCUT2D eigenvalue weighted by molar-refractivity contribution is 0.211. The van der Waals surface area contributed by atoms with Gasteiger partial charge in [0.05, 0.1) is 12.7 Å². The second-order valence-corrected chi connectivity index (χ2v) is 4.10. The van der Waals surface area contributed by atoms with E-state index in [9.17, 15) is 4.39 Å². The monoisotopic (exact) mass is 287 g/mol. The lowest BCUT2D eigenvalue weighted by Crippen LogP contribution is -2.09. The highest BCUT2D eigenvalue weighted by Gasteiger charge is 2.04. The van der Waals surface area contributed by atoms with E-state index in [4.69, 9.17) is 19.5 Å². The Labute approximate surface area is 122 Å². The normalized spacial score (nSPS) is 9.76. The number of halogens is 1. The molecule has 0 saturated carbocycles. The van der Waals surface area contributed by atoms with Gasteiger partial charge in [-0.15, -0.1) is 0 Å². The first-order valence-electron chi connectivity index (χ1n) is 6.33. The molecule has 0 N–H and O–H groups in total. The summed E-state index contributed by atoms with van der Waals surface area (Å²) in [5.41, 5.74) is -0.00683. The van der Waals surface area contributed by atoms with Gasteiger partial charge in [0, 0.05) is 6.07 Å². The Hall–Kier alpha value is -2.74. The van der Waals surface area contributed by atoms with E-state index in [0.717, 1.165) is 0 Å². The highest BCUT2D eigenvalue weighted by atomic mass is 19.1. The standard InChI is InChI=1S/C16H14FNO3/c1-19-15-4-2-3-5-16(15)21-9-8-20-13-7-6-12(11-18)14(17)10-13/h2-7,10H,8-9H2,1H3. The highest BCUT2D eigenvalue weighted by molar-refractivity contribution is 5.39. The van der Waals surface area contributed by atoms with Crippen molar-refractivity contribution in [1.82, 2.24) is 0 Å². The summed E-state index contributed by atoms with van der Waals surface area (Å²) < 4.78 is 29.4. The summed E-state index contributed by atoms with van der Waals surface area (Å²) in [5.74, 6) is 1.02. The van der Waals surface area contributed by atoms with Crippen molar-refractivity contribution < 1.29 is 18.6 Å². The second-order valence-electron chi connectivity index (χ2n) is 4.10. The Morgan fingerprint density at radius 2 is 1.76 bits per heavy atom. The van der Waals surface area contributed by atoms with Crippen molar-refractivity contribution in [2.45, 2.75) is 0 Å². The van der Waals surface area contributed by atoms with E-state index in [1.807, 2.05) is 12.1 Å². The average Bonchev–Trinajstić information content (AvgIpc) is 2.52. The molecule has 2 aromatic carbocycles. The molecule has 0 heterocycles. The van der Waals surface area contributed by atoms with Crippen molar-refractivity contribution in [3.8, 4) is 23.3 Å². The molecule has 5 heteroatoms. The molecular formula is C16H14FNO3. The van der Waals surface area contributed by atoms with Crippen molar-refractivity contribution in [2.75, 3.05) is 20.3 Å². The Bertz CT molecular complexity index is 652. The molecule has 0 aliphatic carbocycles. The van der Waals surface area contributed by atoms with E-state index >= 15 is 0 Å². The van der Waals surface area contributed by atoms with Gasteiger partial charge in [-0.05, 0) is 24.3 Å². The minimum Gasteiger partial charge on any atom is -0.493 e. The number of methoxy groups -OCH3 is 1. The van der Waals surface area contributed by atoms with Crippen LogP contribution in [0.5, 0.6) is 17.2 Å². The molecule has 0 spiro atoms. The van der Waals surface area contributed by atoms with Crippen LogP contribution in [0.4, 0.5) is 4.39 Å². The topological polar surface area (TPSA) is 51.5 Å². The van der Waals surface area contributed by atoms with E-state index in [2.05, 4.69) is 0 Å². The molecule has 0 atom stereocenters. The number of hydrogen-bond acceptors (Lipinski definition) is 4. The number of rotatable bonds is 6. The molecule has 21 heavy (non-hydrogen) atoms. The smallest absolute Gasteiger partial charge is 0.161 e. The zero-order chi connectivity index (χ0) is 15.1. The first-order valence-corrected chi connectivity index (χ1v) is 6.33. The molecule has 0 aliphatic rings. The second kappa shape index (κ2) is 7.15. The molecule has 2 rings (SSSR count). The van der Waals surface area contributed by atoms with Crippen LogP contribution in [0.3, 0.4) is 0 Å². The van der Waals surface area contributed by atoms with E-state index in [-0.39, 0.29) is 12.2 Å². The Kier molecular flexibility index (Phi) is 4.99. The predicted octanol–water partition coefficient (Wildman–Crippen LogP) is 3.16. The van der Waals surface area contributed by atoms with Crippen LogP contribution in [0, 0.1) is 17.1 Å². The fourth-order valence-corrected chi connectivity index (χ4v) is 1.73. The zero-order valence-electron chi connectivity index (χ0n) is 11.5. The van der Waals surface area contributed by atoms with Gasteiger partial charge >= 0.3 is 0 Å². The van der Waals surface area contributed by atoms with Crippen LogP contribution >= 0.6 is 0 Å². The van der Waals surface area contributed by atoms with Gasteiger partial charge in [0.25, 0.3) is 0 Å². The summed E-state index contributed by atoms with van der Waals surface area (Å²) in [5, 5.41) is 8.64. The van der Waals surface area contributed by atoms with E-state index in [1.165, 1.54) is 12.1 Å². The molecule has 0 amide bonds. The third kappa shape index (κ3) is 3.86. The van der Waals surface area contributed by atoms with Crippen LogP contribution in [0.25, 0.3) is 0 Å². The molecule has 0 bridgehead atoms. The molecule has 0 aromatic heterocycles. The average molecular weight is 287 g/mol. The van der Waals surface area contributed by atoms with E-state index in [1.54, 1.807) is 31.4 Å². The van der Waals surface area contributed by atoms with Crippen molar-refractivity contribution in [2.24, 2.45) is 0 Å². The van der Waals surface area contributed by atoms with Gasteiger partial charge < -0.3 is 14.2 Å². The first-order chi connectivity index (χ1) is 10.2. The summed E-state index contributed by atoms with van der Waals surface area (Å²) in [6.07, 6.45) is 0. The quantitative estimate of drug-likeness (QED) is 0.766. The van der Waals surface area contributed by atoms with Gasteiger partial charge in [0.2, 0.25) is 0 Å². The summed E-state index contributed by atoms with van der Waals surface area (Å²) in [4.78, 5) is 0. The maximum atomic E-state index is 13.4. The number of nitriles is 1. The maximum absolute atomic E-state index is 13.4. The van der Waals surface area contributed by atoms with Gasteiger partial charge in [-0.3, -0.25) is 0 Å². The minimum atomic E-state index is -0.597. The van der Waals surface area contributed by atoms with Crippen molar-refractivity contribution in [1.29, 1.82) is 5.26 Å². The summed E-state index contributed by atoms with van der Waals surface area (Å²) >= 11 is 0. The minimum absolute atomic E-state index is 0.00683. The molecular weight excluding hydrogens is 273 g/mol. The molecule has 4 nitrogen and oxygen atoms in total. The van der Waals surface area contributed by atoms with E-state index < -0.39 is 5.82 Å². The summed E-state index contributed by atoms with van der Waals surface area (Å²) in [7, 11) is 1.57. The van der Waals surface area contributed by atoms with Crippen molar-refractivity contribution in [3.05, 3.63) is 53.8 Å². The number of para-hydroxylation sites is 2. The van der Waals surface area contributed by atoms with Crippen LogP contribution in [0.2, 0.25) is 0 Å². The molecule has 0 fully saturated rings. The van der Waals surface area contributed by atoms with Crippen molar-refractivity contribution in [3.63, 3.8) is 0 Å². The third-order valence-electron chi connectivity index (χ3n) is 2.74. The van der Waals surface area contributed by atoms with Crippen molar-refractivity contribution >= 4 is 0 Å². The fraction of sp³-hybridized carbons (Fsp3) is 0.188. The third-order valence-corrected chi connectivity index (χ3v) is 2.74. The molecule has 0 radical (unpaired) electrons. The van der Waals surface area contributed by atoms with Crippen LogP contribution in [0.1, 0.15) is 5.56 Å². The lowest BCUT2D eigenvalue weighted by Gasteiger charge is -2.11. The first kappa shape index (κ1) is 14.7. The van der Waals surface area contributed by atoms with Crippen LogP contribution in [-0.4, -0.2) is 20.3 Å². The lowest BCUT2D eigenvalue weighted by atomic mass is 10.2. The van der Waals surface area contributed by atoms with Gasteiger partial charge in [-0.2, -0.15) is 5.26 Å².